The molecule has 7 nitrogen and oxygen atoms in total. The van der Waals surface area contributed by atoms with E-state index >= 15 is 0 Å². The summed E-state index contributed by atoms with van der Waals surface area (Å²) in [6, 6.07) is 9.82. The van der Waals surface area contributed by atoms with Gasteiger partial charge in [0.15, 0.2) is 0 Å². The molecule has 2 unspecified atom stereocenters. The third-order valence-electron chi connectivity index (χ3n) is 4.72. The number of hydrogen-bond acceptors (Lipinski definition) is 6. The van der Waals surface area contributed by atoms with Gasteiger partial charge in [0.05, 0.1) is 18.4 Å². The third kappa shape index (κ3) is 3.33. The van der Waals surface area contributed by atoms with Crippen molar-refractivity contribution in [2.24, 2.45) is 0 Å². The van der Waals surface area contributed by atoms with Crippen LogP contribution in [0, 0.1) is 0 Å². The number of carbonyl (C=O) groups is 1. The maximum atomic E-state index is 12.7. The summed E-state index contributed by atoms with van der Waals surface area (Å²) in [7, 11) is 0. The molecule has 4 rings (SSSR count). The summed E-state index contributed by atoms with van der Waals surface area (Å²) in [6.45, 7) is 3.33. The number of hydrazine groups is 1. The molecule has 2 aliphatic rings. The molecule has 2 atom stereocenters. The van der Waals surface area contributed by atoms with E-state index in [9.17, 15) is 4.79 Å². The highest BCUT2D eigenvalue weighted by atomic mass is 16.2. The maximum Gasteiger partial charge on any atom is 0.254 e. The van der Waals surface area contributed by atoms with Gasteiger partial charge in [-0.3, -0.25) is 10.2 Å². The standard InChI is InChI=1S/C18H22N6O/c1-12-9-16(23-22-12)21-17-14-7-8-24(10-15(14)19-11-20-17)18(25)13-5-3-2-4-6-13/h2-6,11-12,16,22-23H,7-10H2,1H3,(H,19,20,21). The summed E-state index contributed by atoms with van der Waals surface area (Å²) >= 11 is 0. The minimum atomic E-state index is 0.0508. The predicted octanol–water partition coefficient (Wildman–Crippen LogP) is 1.30. The van der Waals surface area contributed by atoms with Crippen molar-refractivity contribution in [2.75, 3.05) is 11.9 Å². The lowest BCUT2D eigenvalue weighted by atomic mass is 10.0. The lowest BCUT2D eigenvalue weighted by molar-refractivity contribution is 0.0732. The Hall–Kier alpha value is -2.51. The fraction of sp³-hybridized carbons (Fsp3) is 0.389. The zero-order valence-corrected chi connectivity index (χ0v) is 14.2. The molecule has 7 heteroatoms. The summed E-state index contributed by atoms with van der Waals surface area (Å²) < 4.78 is 0. The molecular formula is C18H22N6O. The Morgan fingerprint density at radius 3 is 2.84 bits per heavy atom. The average molecular weight is 338 g/mol. The third-order valence-corrected chi connectivity index (χ3v) is 4.72. The summed E-state index contributed by atoms with van der Waals surface area (Å²) in [5, 5.41) is 3.45. The van der Waals surface area contributed by atoms with Crippen LogP contribution in [0.2, 0.25) is 0 Å². The number of rotatable bonds is 3. The van der Waals surface area contributed by atoms with E-state index < -0.39 is 0 Å². The Kier molecular flexibility index (Phi) is 4.33. The molecule has 1 saturated heterocycles. The van der Waals surface area contributed by atoms with Gasteiger partial charge < -0.3 is 10.2 Å². The molecule has 0 aliphatic carbocycles. The van der Waals surface area contributed by atoms with E-state index in [2.05, 4.69) is 33.1 Å². The van der Waals surface area contributed by atoms with Gasteiger partial charge in [-0.25, -0.2) is 15.4 Å². The van der Waals surface area contributed by atoms with Gasteiger partial charge in [0.2, 0.25) is 0 Å². The summed E-state index contributed by atoms with van der Waals surface area (Å²) in [4.78, 5) is 23.3. The van der Waals surface area contributed by atoms with Gasteiger partial charge in [-0.2, -0.15) is 0 Å². The van der Waals surface area contributed by atoms with Crippen molar-refractivity contribution >= 4 is 11.7 Å². The highest BCUT2D eigenvalue weighted by Gasteiger charge is 2.27. The first-order valence-corrected chi connectivity index (χ1v) is 8.65. The molecule has 1 aromatic carbocycles. The number of benzene rings is 1. The van der Waals surface area contributed by atoms with Crippen LogP contribution in [0.4, 0.5) is 5.82 Å². The molecule has 0 radical (unpaired) electrons. The van der Waals surface area contributed by atoms with Crippen molar-refractivity contribution in [1.82, 2.24) is 25.7 Å². The number of carbonyl (C=O) groups excluding carboxylic acids is 1. The number of nitrogens with zero attached hydrogens (tertiary/aromatic N) is 3. The zero-order valence-electron chi connectivity index (χ0n) is 14.2. The number of amides is 1. The smallest absolute Gasteiger partial charge is 0.254 e. The van der Waals surface area contributed by atoms with Crippen molar-refractivity contribution in [3.63, 3.8) is 0 Å². The molecule has 2 aliphatic heterocycles. The Balaban J connectivity index is 1.50. The molecule has 0 bridgehead atoms. The van der Waals surface area contributed by atoms with Gasteiger partial charge in [-0.15, -0.1) is 0 Å². The molecule has 1 amide bonds. The van der Waals surface area contributed by atoms with Crippen LogP contribution in [0.15, 0.2) is 36.7 Å². The first kappa shape index (κ1) is 16.0. The quantitative estimate of drug-likeness (QED) is 0.783. The highest BCUT2D eigenvalue weighted by molar-refractivity contribution is 5.94. The van der Waals surface area contributed by atoms with E-state index in [1.165, 1.54) is 0 Å². The normalized spacial score (nSPS) is 22.5. The van der Waals surface area contributed by atoms with Crippen LogP contribution in [-0.4, -0.2) is 39.5 Å². The van der Waals surface area contributed by atoms with Crippen molar-refractivity contribution in [3.05, 3.63) is 53.5 Å². The van der Waals surface area contributed by atoms with Crippen LogP contribution < -0.4 is 16.2 Å². The monoisotopic (exact) mass is 338 g/mol. The fourth-order valence-corrected chi connectivity index (χ4v) is 3.39. The summed E-state index contributed by atoms with van der Waals surface area (Å²) in [5.74, 6) is 0.917. The Morgan fingerprint density at radius 1 is 1.24 bits per heavy atom. The van der Waals surface area contributed by atoms with Crippen LogP contribution in [0.25, 0.3) is 0 Å². The number of aromatic nitrogens is 2. The lowest BCUT2D eigenvalue weighted by Crippen LogP contribution is -2.39. The van der Waals surface area contributed by atoms with Crippen molar-refractivity contribution in [2.45, 2.75) is 38.5 Å². The van der Waals surface area contributed by atoms with Crippen LogP contribution >= 0.6 is 0 Å². The Bertz CT molecular complexity index is 765. The summed E-state index contributed by atoms with van der Waals surface area (Å²) in [5.41, 5.74) is 9.18. The van der Waals surface area contributed by atoms with Crippen molar-refractivity contribution in [1.29, 1.82) is 0 Å². The molecule has 1 aromatic heterocycles. The van der Waals surface area contributed by atoms with E-state index in [0.717, 1.165) is 29.9 Å². The first-order chi connectivity index (χ1) is 12.2. The highest BCUT2D eigenvalue weighted by Crippen LogP contribution is 2.24. The molecule has 130 valence electrons. The number of nitrogens with one attached hydrogen (secondary N) is 3. The molecular weight excluding hydrogens is 316 g/mol. The molecule has 25 heavy (non-hydrogen) atoms. The zero-order chi connectivity index (χ0) is 17.2. The largest absolute Gasteiger partial charge is 0.353 e. The lowest BCUT2D eigenvalue weighted by Gasteiger charge is -2.29. The molecule has 0 spiro atoms. The van der Waals surface area contributed by atoms with Crippen LogP contribution in [-0.2, 0) is 13.0 Å². The van der Waals surface area contributed by atoms with E-state index in [4.69, 9.17) is 0 Å². The van der Waals surface area contributed by atoms with E-state index in [-0.39, 0.29) is 12.1 Å². The van der Waals surface area contributed by atoms with Crippen LogP contribution in [0.5, 0.6) is 0 Å². The van der Waals surface area contributed by atoms with E-state index in [1.54, 1.807) is 6.33 Å². The molecule has 1 fully saturated rings. The van der Waals surface area contributed by atoms with Crippen LogP contribution in [0.1, 0.15) is 35.0 Å². The van der Waals surface area contributed by atoms with Gasteiger partial charge >= 0.3 is 0 Å². The van der Waals surface area contributed by atoms with Crippen molar-refractivity contribution in [3.8, 4) is 0 Å². The molecule has 2 aromatic rings. The molecule has 3 heterocycles. The SMILES string of the molecule is CC1CC(Nc2ncnc3c2CCN(C(=O)c2ccccc2)C3)NN1. The van der Waals surface area contributed by atoms with E-state index in [1.807, 2.05) is 35.2 Å². The second-order valence-electron chi connectivity index (χ2n) is 6.61. The van der Waals surface area contributed by atoms with Gasteiger partial charge in [0, 0.05) is 23.7 Å². The predicted molar refractivity (Wildman–Crippen MR) is 94.7 cm³/mol. The van der Waals surface area contributed by atoms with Gasteiger partial charge in [-0.1, -0.05) is 18.2 Å². The van der Waals surface area contributed by atoms with Gasteiger partial charge in [-0.05, 0) is 31.9 Å². The Labute approximate surface area is 146 Å². The van der Waals surface area contributed by atoms with Crippen molar-refractivity contribution < 1.29 is 4.79 Å². The van der Waals surface area contributed by atoms with Gasteiger partial charge in [0.1, 0.15) is 12.1 Å². The second-order valence-corrected chi connectivity index (χ2v) is 6.61. The second kappa shape index (κ2) is 6.78. The number of fused-ring (bicyclic) bond motifs is 1. The average Bonchev–Trinajstić information content (AvgIpc) is 3.06. The topological polar surface area (TPSA) is 82.2 Å². The number of anilines is 1. The maximum absolute atomic E-state index is 12.7. The first-order valence-electron chi connectivity index (χ1n) is 8.65. The minimum Gasteiger partial charge on any atom is -0.353 e. The number of hydrogen-bond donors (Lipinski definition) is 3. The van der Waals surface area contributed by atoms with Crippen LogP contribution in [0.3, 0.4) is 0 Å². The Morgan fingerprint density at radius 2 is 2.08 bits per heavy atom. The van der Waals surface area contributed by atoms with Gasteiger partial charge in [0.25, 0.3) is 5.91 Å². The molecule has 0 saturated carbocycles. The molecule has 3 N–H and O–H groups in total. The minimum absolute atomic E-state index is 0.0508. The summed E-state index contributed by atoms with van der Waals surface area (Å²) in [6.07, 6.45) is 3.46. The fourth-order valence-electron chi connectivity index (χ4n) is 3.39. The van der Waals surface area contributed by atoms with E-state index in [0.29, 0.717) is 24.7 Å².